The van der Waals surface area contributed by atoms with Crippen LogP contribution < -0.4 is 9.64 Å². The number of amides is 2. The second-order valence-corrected chi connectivity index (χ2v) is 6.66. The molecule has 0 N–H and O–H groups in total. The standard InChI is InChI=1S/C19H24N2O5S/c1-5-20(6-2)14-9-8-13(15(11-14)25-4)10-16-18(23)21(19(24)27-16)12-17(22)26-7-3/h8-11H,5-7,12H2,1-4H3/b16-10-. The molecule has 0 atom stereocenters. The first kappa shape index (κ1) is 20.8. The van der Waals surface area contributed by atoms with Crippen molar-refractivity contribution in [3.63, 3.8) is 0 Å². The Morgan fingerprint density at radius 2 is 1.93 bits per heavy atom. The third kappa shape index (κ3) is 4.82. The van der Waals surface area contributed by atoms with Crippen LogP contribution >= 0.6 is 11.8 Å². The summed E-state index contributed by atoms with van der Waals surface area (Å²) in [6, 6.07) is 5.71. The minimum absolute atomic E-state index is 0.195. The van der Waals surface area contributed by atoms with Gasteiger partial charge in [-0.3, -0.25) is 19.3 Å². The van der Waals surface area contributed by atoms with Crippen LogP contribution in [0.4, 0.5) is 10.5 Å². The number of rotatable bonds is 8. The Labute approximate surface area is 163 Å². The lowest BCUT2D eigenvalue weighted by Crippen LogP contribution is -2.34. The number of carbonyl (C=O) groups excluding carboxylic acids is 3. The van der Waals surface area contributed by atoms with E-state index < -0.39 is 17.1 Å². The Balaban J connectivity index is 2.26. The van der Waals surface area contributed by atoms with E-state index in [0.29, 0.717) is 11.3 Å². The van der Waals surface area contributed by atoms with Crippen LogP contribution in [-0.4, -0.2) is 55.4 Å². The van der Waals surface area contributed by atoms with Gasteiger partial charge in [-0.15, -0.1) is 0 Å². The summed E-state index contributed by atoms with van der Waals surface area (Å²) < 4.78 is 10.3. The predicted octanol–water partition coefficient (Wildman–Crippen LogP) is 3.14. The van der Waals surface area contributed by atoms with E-state index in [1.165, 1.54) is 0 Å². The topological polar surface area (TPSA) is 76.2 Å². The van der Waals surface area contributed by atoms with E-state index in [4.69, 9.17) is 9.47 Å². The van der Waals surface area contributed by atoms with E-state index in [-0.39, 0.29) is 18.1 Å². The molecule has 1 saturated heterocycles. The largest absolute Gasteiger partial charge is 0.496 e. The number of hydrogen-bond donors (Lipinski definition) is 0. The van der Waals surface area contributed by atoms with Crippen molar-refractivity contribution in [2.75, 3.05) is 38.3 Å². The molecule has 8 heteroatoms. The number of hydrogen-bond acceptors (Lipinski definition) is 7. The first-order chi connectivity index (χ1) is 12.9. The Kier molecular flexibility index (Phi) is 7.29. The highest BCUT2D eigenvalue weighted by atomic mass is 32.2. The summed E-state index contributed by atoms with van der Waals surface area (Å²) in [5, 5.41) is -0.488. The number of nitrogens with zero attached hydrogens (tertiary/aromatic N) is 2. The number of imide groups is 1. The quantitative estimate of drug-likeness (QED) is 0.497. The number of anilines is 1. The van der Waals surface area contributed by atoms with E-state index in [2.05, 4.69) is 18.7 Å². The average Bonchev–Trinajstić information content (AvgIpc) is 2.91. The third-order valence-electron chi connectivity index (χ3n) is 4.10. The first-order valence-corrected chi connectivity index (χ1v) is 9.60. The highest BCUT2D eigenvalue weighted by Crippen LogP contribution is 2.35. The number of methoxy groups -OCH3 is 1. The zero-order chi connectivity index (χ0) is 20.0. The lowest BCUT2D eigenvalue weighted by Gasteiger charge is -2.22. The zero-order valence-electron chi connectivity index (χ0n) is 16.0. The molecule has 1 heterocycles. The maximum absolute atomic E-state index is 12.5. The summed E-state index contributed by atoms with van der Waals surface area (Å²) in [6.07, 6.45) is 1.61. The minimum Gasteiger partial charge on any atom is -0.496 e. The fourth-order valence-corrected chi connectivity index (χ4v) is 3.55. The van der Waals surface area contributed by atoms with Crippen LogP contribution in [0.15, 0.2) is 23.1 Å². The maximum atomic E-state index is 12.5. The Bertz CT molecular complexity index is 758. The molecule has 0 spiro atoms. The molecule has 1 aliphatic rings. The normalized spacial score (nSPS) is 15.4. The summed E-state index contributed by atoms with van der Waals surface area (Å²) in [4.78, 5) is 39.5. The zero-order valence-corrected chi connectivity index (χ0v) is 16.8. The van der Waals surface area contributed by atoms with Gasteiger partial charge in [0.15, 0.2) is 0 Å². The molecular weight excluding hydrogens is 368 g/mol. The van der Waals surface area contributed by atoms with E-state index >= 15 is 0 Å². The van der Waals surface area contributed by atoms with Crippen LogP contribution in [0.3, 0.4) is 0 Å². The van der Waals surface area contributed by atoms with Gasteiger partial charge in [0.25, 0.3) is 11.1 Å². The second-order valence-electron chi connectivity index (χ2n) is 5.67. The summed E-state index contributed by atoms with van der Waals surface area (Å²) in [5.41, 5.74) is 1.71. The van der Waals surface area contributed by atoms with Crippen LogP contribution in [0.5, 0.6) is 5.75 Å². The smallest absolute Gasteiger partial charge is 0.326 e. The van der Waals surface area contributed by atoms with Crippen LogP contribution in [0.1, 0.15) is 26.3 Å². The van der Waals surface area contributed by atoms with Gasteiger partial charge < -0.3 is 14.4 Å². The van der Waals surface area contributed by atoms with Gasteiger partial charge in [0.2, 0.25) is 0 Å². The molecule has 7 nitrogen and oxygen atoms in total. The van der Waals surface area contributed by atoms with Gasteiger partial charge in [-0.2, -0.15) is 0 Å². The van der Waals surface area contributed by atoms with Crippen molar-refractivity contribution < 1.29 is 23.9 Å². The fraction of sp³-hybridized carbons (Fsp3) is 0.421. The van der Waals surface area contributed by atoms with Crippen molar-refractivity contribution in [3.8, 4) is 5.75 Å². The summed E-state index contributed by atoms with van der Waals surface area (Å²) in [6.45, 7) is 7.36. The number of thioether (sulfide) groups is 1. The van der Waals surface area contributed by atoms with Crippen LogP contribution in [-0.2, 0) is 14.3 Å². The Hall–Kier alpha value is -2.48. The summed E-state index contributed by atoms with van der Waals surface area (Å²) >= 11 is 0.800. The lowest BCUT2D eigenvalue weighted by atomic mass is 10.1. The molecule has 27 heavy (non-hydrogen) atoms. The molecule has 0 saturated carbocycles. The first-order valence-electron chi connectivity index (χ1n) is 8.79. The van der Waals surface area contributed by atoms with E-state index in [1.54, 1.807) is 20.1 Å². The highest BCUT2D eigenvalue weighted by Gasteiger charge is 2.36. The molecule has 1 fully saturated rings. The second kappa shape index (κ2) is 9.45. The van der Waals surface area contributed by atoms with Crippen molar-refractivity contribution in [1.29, 1.82) is 0 Å². The van der Waals surface area contributed by atoms with E-state index in [1.807, 2.05) is 18.2 Å². The maximum Gasteiger partial charge on any atom is 0.326 e. The van der Waals surface area contributed by atoms with E-state index in [0.717, 1.165) is 35.4 Å². The molecule has 2 rings (SSSR count). The average molecular weight is 392 g/mol. The molecule has 0 aromatic heterocycles. The third-order valence-corrected chi connectivity index (χ3v) is 5.01. The van der Waals surface area contributed by atoms with Crippen LogP contribution in [0.2, 0.25) is 0 Å². The highest BCUT2D eigenvalue weighted by molar-refractivity contribution is 8.18. The molecule has 1 aromatic rings. The van der Waals surface area contributed by atoms with Gasteiger partial charge in [0.1, 0.15) is 12.3 Å². The number of ether oxygens (including phenoxy) is 2. The van der Waals surface area contributed by atoms with Crippen molar-refractivity contribution in [3.05, 3.63) is 28.7 Å². The van der Waals surface area contributed by atoms with Gasteiger partial charge in [-0.25, -0.2) is 0 Å². The molecule has 0 unspecified atom stereocenters. The Morgan fingerprint density at radius 1 is 1.22 bits per heavy atom. The van der Waals surface area contributed by atoms with Crippen molar-refractivity contribution in [2.45, 2.75) is 20.8 Å². The molecule has 146 valence electrons. The lowest BCUT2D eigenvalue weighted by molar-refractivity contribution is -0.145. The predicted molar refractivity (Wildman–Crippen MR) is 106 cm³/mol. The van der Waals surface area contributed by atoms with Gasteiger partial charge in [0, 0.05) is 30.4 Å². The van der Waals surface area contributed by atoms with Gasteiger partial charge in [0.05, 0.1) is 18.6 Å². The van der Waals surface area contributed by atoms with Crippen LogP contribution in [0.25, 0.3) is 6.08 Å². The van der Waals surface area contributed by atoms with E-state index in [9.17, 15) is 14.4 Å². The summed E-state index contributed by atoms with van der Waals surface area (Å²) in [5.74, 6) is -0.508. The Morgan fingerprint density at radius 3 is 2.52 bits per heavy atom. The van der Waals surface area contributed by atoms with Crippen LogP contribution in [0, 0.1) is 0 Å². The molecule has 2 amide bonds. The number of benzene rings is 1. The monoisotopic (exact) mass is 392 g/mol. The SMILES string of the molecule is CCOC(=O)CN1C(=O)S/C(=C\c2ccc(N(CC)CC)cc2OC)C1=O. The minimum atomic E-state index is -0.609. The number of carbonyl (C=O) groups is 3. The van der Waals surface area contributed by atoms with Crippen molar-refractivity contribution >= 4 is 40.6 Å². The van der Waals surface area contributed by atoms with Gasteiger partial charge >= 0.3 is 5.97 Å². The molecule has 0 radical (unpaired) electrons. The van der Waals surface area contributed by atoms with Crippen molar-refractivity contribution in [1.82, 2.24) is 4.90 Å². The molecule has 0 aliphatic carbocycles. The molecular formula is C19H24N2O5S. The fourth-order valence-electron chi connectivity index (χ4n) is 2.72. The molecule has 0 bridgehead atoms. The van der Waals surface area contributed by atoms with Gasteiger partial charge in [-0.1, -0.05) is 0 Å². The van der Waals surface area contributed by atoms with Crippen molar-refractivity contribution in [2.24, 2.45) is 0 Å². The molecule has 1 aliphatic heterocycles. The molecule has 1 aromatic carbocycles. The van der Waals surface area contributed by atoms with Gasteiger partial charge in [-0.05, 0) is 50.7 Å². The summed E-state index contributed by atoms with van der Waals surface area (Å²) in [7, 11) is 1.56. The number of esters is 1.